The topological polar surface area (TPSA) is 87.2 Å². The lowest BCUT2D eigenvalue weighted by molar-refractivity contribution is -0.125. The molecule has 1 saturated heterocycles. The molecule has 3 rings (SSSR count). The van der Waals surface area contributed by atoms with Gasteiger partial charge < -0.3 is 5.32 Å². The Labute approximate surface area is 175 Å². The van der Waals surface area contributed by atoms with Crippen LogP contribution in [0.1, 0.15) is 20.8 Å². The van der Waals surface area contributed by atoms with E-state index in [4.69, 9.17) is 11.6 Å². The standard InChI is InChI=1S/C15H14Br2ClN5O2S/c1-6(23-14(25)22-12(24)15(23,2)3)20-13-19-5-8(17)10(21-13)9-4-7(16)11(18)26-9/h4-6H,1-3H3,(H,19,20,21)(H,22,24,25). The Bertz CT molecular complexity index is 885. The van der Waals surface area contributed by atoms with Crippen LogP contribution in [0.25, 0.3) is 10.6 Å². The molecule has 1 aliphatic rings. The molecule has 11 heteroatoms. The summed E-state index contributed by atoms with van der Waals surface area (Å²) in [5.41, 5.74) is -0.290. The fraction of sp³-hybridized carbons (Fsp3) is 0.333. The van der Waals surface area contributed by atoms with Gasteiger partial charge in [-0.3, -0.25) is 15.0 Å². The molecule has 1 unspecified atom stereocenters. The van der Waals surface area contributed by atoms with Crippen molar-refractivity contribution < 1.29 is 9.59 Å². The summed E-state index contributed by atoms with van der Waals surface area (Å²) in [6.45, 7) is 5.14. The van der Waals surface area contributed by atoms with Crippen molar-refractivity contribution in [3.8, 4) is 10.6 Å². The van der Waals surface area contributed by atoms with Gasteiger partial charge in [-0.25, -0.2) is 14.8 Å². The Kier molecular flexibility index (Phi) is 5.31. The summed E-state index contributed by atoms with van der Waals surface area (Å²) >= 11 is 14.3. The van der Waals surface area contributed by atoms with Gasteiger partial charge in [0.1, 0.15) is 21.7 Å². The van der Waals surface area contributed by atoms with Gasteiger partial charge in [-0.1, -0.05) is 11.6 Å². The molecule has 0 aromatic carbocycles. The van der Waals surface area contributed by atoms with Gasteiger partial charge in [0.15, 0.2) is 0 Å². The number of anilines is 1. The molecule has 26 heavy (non-hydrogen) atoms. The summed E-state index contributed by atoms with van der Waals surface area (Å²) in [7, 11) is 0. The molecule has 7 nitrogen and oxygen atoms in total. The third-order valence-corrected chi connectivity index (χ3v) is 7.01. The molecule has 1 fully saturated rings. The van der Waals surface area contributed by atoms with Crippen LogP contribution < -0.4 is 10.6 Å². The van der Waals surface area contributed by atoms with Crippen molar-refractivity contribution in [3.05, 3.63) is 25.5 Å². The van der Waals surface area contributed by atoms with Crippen LogP contribution in [0.15, 0.2) is 21.2 Å². The lowest BCUT2D eigenvalue weighted by Crippen LogP contribution is -2.51. The van der Waals surface area contributed by atoms with Gasteiger partial charge in [-0.2, -0.15) is 0 Å². The van der Waals surface area contributed by atoms with Crippen molar-refractivity contribution >= 4 is 72.7 Å². The number of carbonyl (C=O) groups excluding carboxylic acids is 2. The van der Waals surface area contributed by atoms with Crippen molar-refractivity contribution in [2.45, 2.75) is 32.5 Å². The van der Waals surface area contributed by atoms with Gasteiger partial charge in [0.25, 0.3) is 5.91 Å². The van der Waals surface area contributed by atoms with E-state index in [1.807, 2.05) is 6.07 Å². The van der Waals surface area contributed by atoms with E-state index in [1.54, 1.807) is 27.0 Å². The molecule has 2 aromatic heterocycles. The molecule has 3 amide bonds. The lowest BCUT2D eigenvalue weighted by Gasteiger charge is -2.33. The maximum Gasteiger partial charge on any atom is 0.326 e. The van der Waals surface area contributed by atoms with Gasteiger partial charge in [0, 0.05) is 10.7 Å². The van der Waals surface area contributed by atoms with Gasteiger partial charge >= 0.3 is 6.03 Å². The van der Waals surface area contributed by atoms with E-state index >= 15 is 0 Å². The zero-order valence-corrected chi connectivity index (χ0v) is 18.7. The normalized spacial score (nSPS) is 17.4. The number of aromatic nitrogens is 2. The van der Waals surface area contributed by atoms with Crippen LogP contribution in [0.5, 0.6) is 0 Å². The fourth-order valence-corrected chi connectivity index (χ4v) is 4.90. The maximum atomic E-state index is 12.1. The molecule has 3 heterocycles. The molecule has 0 aliphatic carbocycles. The first kappa shape index (κ1) is 19.5. The Hall–Kier alpha value is -1.23. The monoisotopic (exact) mass is 521 g/mol. The van der Waals surface area contributed by atoms with Crippen LogP contribution in [-0.4, -0.2) is 38.5 Å². The summed E-state index contributed by atoms with van der Waals surface area (Å²) in [6, 6.07) is 1.43. The predicted octanol–water partition coefficient (Wildman–Crippen LogP) is 4.47. The molecule has 0 bridgehead atoms. The molecule has 2 N–H and O–H groups in total. The van der Waals surface area contributed by atoms with Gasteiger partial charge in [-0.05, 0) is 58.7 Å². The minimum Gasteiger partial charge on any atom is -0.334 e. The molecule has 1 atom stereocenters. The molecular weight excluding hydrogens is 510 g/mol. The number of halogens is 3. The van der Waals surface area contributed by atoms with Crippen LogP contribution in [-0.2, 0) is 4.79 Å². The largest absolute Gasteiger partial charge is 0.334 e. The molecule has 0 radical (unpaired) electrons. The number of urea groups is 1. The quantitative estimate of drug-likeness (QED) is 0.578. The van der Waals surface area contributed by atoms with E-state index in [-0.39, 0.29) is 5.91 Å². The molecule has 138 valence electrons. The van der Waals surface area contributed by atoms with E-state index in [9.17, 15) is 9.59 Å². The van der Waals surface area contributed by atoms with E-state index in [0.717, 1.165) is 13.8 Å². The number of amides is 3. The van der Waals surface area contributed by atoms with Crippen molar-refractivity contribution in [2.24, 2.45) is 0 Å². The highest BCUT2D eigenvalue weighted by Crippen LogP contribution is 2.39. The van der Waals surface area contributed by atoms with Gasteiger partial charge in [-0.15, -0.1) is 11.3 Å². The highest BCUT2D eigenvalue weighted by Gasteiger charge is 2.47. The molecule has 0 saturated carbocycles. The van der Waals surface area contributed by atoms with E-state index < -0.39 is 17.7 Å². The van der Waals surface area contributed by atoms with Crippen molar-refractivity contribution in [3.63, 3.8) is 0 Å². The first-order chi connectivity index (χ1) is 12.1. The Balaban J connectivity index is 1.88. The Morgan fingerprint density at radius 2 is 2.04 bits per heavy atom. The zero-order valence-electron chi connectivity index (χ0n) is 13.9. The second kappa shape index (κ2) is 7.06. The highest BCUT2D eigenvalue weighted by atomic mass is 79.9. The fourth-order valence-electron chi connectivity index (χ4n) is 2.66. The smallest absolute Gasteiger partial charge is 0.326 e. The molecule has 1 aliphatic heterocycles. The summed E-state index contributed by atoms with van der Waals surface area (Å²) < 4.78 is 2.14. The second-order valence-electron chi connectivity index (χ2n) is 6.13. The van der Waals surface area contributed by atoms with Crippen LogP contribution >= 0.6 is 54.8 Å². The number of imide groups is 1. The minimum absolute atomic E-state index is 0.333. The SMILES string of the molecule is CC(Nc1ncc(Br)c(-c2cc(Br)c(Cl)s2)n1)N1C(=O)NC(=O)C1(C)C. The average Bonchev–Trinajstić information content (AvgIpc) is 2.97. The molecular formula is C15H14Br2ClN5O2S. The van der Waals surface area contributed by atoms with E-state index in [1.165, 1.54) is 16.2 Å². The first-order valence-electron chi connectivity index (χ1n) is 7.50. The van der Waals surface area contributed by atoms with Crippen LogP contribution in [0.2, 0.25) is 4.34 Å². The van der Waals surface area contributed by atoms with E-state index in [0.29, 0.717) is 16.0 Å². The summed E-state index contributed by atoms with van der Waals surface area (Å²) in [5.74, 6) is -0.00839. The number of rotatable bonds is 4. The van der Waals surface area contributed by atoms with Gasteiger partial charge in [0.2, 0.25) is 5.95 Å². The number of nitrogens with one attached hydrogen (secondary N) is 2. The van der Waals surface area contributed by atoms with Crippen LogP contribution in [0.4, 0.5) is 10.7 Å². The van der Waals surface area contributed by atoms with Crippen molar-refractivity contribution in [1.29, 1.82) is 0 Å². The number of carbonyl (C=O) groups is 2. The Morgan fingerprint density at radius 3 is 2.58 bits per heavy atom. The number of thiophene rings is 1. The first-order valence-corrected chi connectivity index (χ1v) is 10.3. The average molecular weight is 524 g/mol. The minimum atomic E-state index is -0.964. The Morgan fingerprint density at radius 1 is 1.35 bits per heavy atom. The van der Waals surface area contributed by atoms with E-state index in [2.05, 4.69) is 52.5 Å². The van der Waals surface area contributed by atoms with Crippen molar-refractivity contribution in [1.82, 2.24) is 20.2 Å². The third-order valence-electron chi connectivity index (χ3n) is 3.95. The number of hydrogen-bond donors (Lipinski definition) is 2. The lowest BCUT2D eigenvalue weighted by atomic mass is 10.0. The second-order valence-corrected chi connectivity index (χ2v) is 9.49. The third kappa shape index (κ3) is 3.47. The van der Waals surface area contributed by atoms with Crippen LogP contribution in [0, 0.1) is 0 Å². The predicted molar refractivity (Wildman–Crippen MR) is 108 cm³/mol. The highest BCUT2D eigenvalue weighted by molar-refractivity contribution is 9.11. The molecule has 2 aromatic rings. The number of nitrogens with zero attached hydrogens (tertiary/aromatic N) is 3. The summed E-state index contributed by atoms with van der Waals surface area (Å²) in [5, 5.41) is 5.40. The van der Waals surface area contributed by atoms with Crippen LogP contribution in [0.3, 0.4) is 0 Å². The molecule has 0 spiro atoms. The zero-order chi connectivity index (χ0) is 19.2. The maximum absolute atomic E-state index is 12.1. The summed E-state index contributed by atoms with van der Waals surface area (Å²) in [4.78, 5) is 35.1. The van der Waals surface area contributed by atoms with Crippen molar-refractivity contribution in [2.75, 3.05) is 5.32 Å². The van der Waals surface area contributed by atoms with Gasteiger partial charge in [0.05, 0.1) is 9.35 Å². The summed E-state index contributed by atoms with van der Waals surface area (Å²) in [6.07, 6.45) is 1.13. The number of hydrogen-bond acceptors (Lipinski definition) is 6.